The van der Waals surface area contributed by atoms with E-state index in [1.54, 1.807) is 0 Å². The summed E-state index contributed by atoms with van der Waals surface area (Å²) in [4.78, 5) is 12.2. The zero-order chi connectivity index (χ0) is 24.0. The van der Waals surface area contributed by atoms with Crippen molar-refractivity contribution in [3.63, 3.8) is 0 Å². The maximum Gasteiger partial charge on any atom is 0.251 e. The summed E-state index contributed by atoms with van der Waals surface area (Å²) in [7, 11) is 0. The highest BCUT2D eigenvalue weighted by atomic mass is 16.7. The molecule has 2 rings (SSSR count). The van der Waals surface area contributed by atoms with E-state index in [9.17, 15) is 50.8 Å². The van der Waals surface area contributed by atoms with Gasteiger partial charge in [-0.3, -0.25) is 4.79 Å². The highest BCUT2D eigenvalue weighted by Gasteiger charge is 2.47. The lowest BCUT2D eigenvalue weighted by Crippen LogP contribution is -2.62. The fraction of sp³-hybridized carbons (Fsp3) is 0.632. The van der Waals surface area contributed by atoms with Crippen LogP contribution in [0.25, 0.3) is 0 Å². The molecule has 0 spiro atoms. The normalized spacial score (nSPS) is 29.7. The third-order valence-electron chi connectivity index (χ3n) is 5.04. The minimum absolute atomic E-state index is 0.0155. The Hall–Kier alpha value is -1.91. The number of ether oxygens (including phenoxy) is 2. The number of amides is 1. The van der Waals surface area contributed by atoms with Gasteiger partial charge in [0, 0.05) is 6.54 Å². The predicted molar refractivity (Wildman–Crippen MR) is 104 cm³/mol. The Balaban J connectivity index is 2.06. The van der Waals surface area contributed by atoms with E-state index in [1.807, 2.05) is 0 Å². The summed E-state index contributed by atoms with van der Waals surface area (Å²) in [5.74, 6) is -1.04. The fourth-order valence-corrected chi connectivity index (χ4v) is 3.08. The Morgan fingerprint density at radius 3 is 2.22 bits per heavy atom. The molecule has 0 radical (unpaired) electrons. The molecule has 0 unspecified atom stereocenters. The number of phenolic OH excluding ortho intramolecular Hbond substituents is 1. The highest BCUT2D eigenvalue weighted by Crippen LogP contribution is 2.25. The summed E-state index contributed by atoms with van der Waals surface area (Å²) in [6.45, 7) is -1.80. The minimum Gasteiger partial charge on any atom is -0.508 e. The molecular weight excluding hydrogens is 434 g/mol. The van der Waals surface area contributed by atoms with Crippen LogP contribution in [0.2, 0.25) is 0 Å². The monoisotopic (exact) mass is 463 g/mol. The van der Waals surface area contributed by atoms with Crippen molar-refractivity contribution in [3.8, 4) is 5.75 Å². The number of rotatable bonds is 10. The molecule has 0 saturated carbocycles. The second kappa shape index (κ2) is 11.8. The van der Waals surface area contributed by atoms with Crippen LogP contribution in [0, 0.1) is 0 Å². The molecule has 1 aromatic carbocycles. The van der Waals surface area contributed by atoms with Crippen LogP contribution < -0.4 is 5.32 Å². The molecule has 10 N–H and O–H groups in total. The van der Waals surface area contributed by atoms with Crippen molar-refractivity contribution in [3.05, 3.63) is 29.8 Å². The number of aromatic hydroxyl groups is 1. The minimum atomic E-state index is -2.15. The van der Waals surface area contributed by atoms with E-state index in [0.717, 1.165) is 0 Å². The number of benzene rings is 1. The van der Waals surface area contributed by atoms with Gasteiger partial charge in [0.25, 0.3) is 5.91 Å². The van der Waals surface area contributed by atoms with Crippen LogP contribution in [-0.4, -0.2) is 120 Å². The fourth-order valence-electron chi connectivity index (χ4n) is 3.08. The molecule has 13 nitrogen and oxygen atoms in total. The molecule has 32 heavy (non-hydrogen) atoms. The van der Waals surface area contributed by atoms with Crippen LogP contribution in [0.15, 0.2) is 24.3 Å². The van der Waals surface area contributed by atoms with Crippen LogP contribution in [0.3, 0.4) is 0 Å². The van der Waals surface area contributed by atoms with Gasteiger partial charge in [-0.1, -0.05) is 12.1 Å². The maximum atomic E-state index is 12.2. The quantitative estimate of drug-likeness (QED) is 0.158. The summed E-state index contributed by atoms with van der Waals surface area (Å²) in [6, 6.07) is 5.79. The number of phenols is 1. The maximum absolute atomic E-state index is 12.2. The molecule has 1 aromatic rings. The van der Waals surface area contributed by atoms with Gasteiger partial charge in [0.05, 0.1) is 13.2 Å². The first-order valence-corrected chi connectivity index (χ1v) is 9.77. The smallest absolute Gasteiger partial charge is 0.251 e. The third kappa shape index (κ3) is 6.32. The average molecular weight is 463 g/mol. The molecule has 0 bridgehead atoms. The first-order chi connectivity index (χ1) is 15.1. The molecule has 1 aliphatic rings. The van der Waals surface area contributed by atoms with E-state index in [1.165, 1.54) is 24.3 Å². The second-order valence-corrected chi connectivity index (χ2v) is 7.37. The highest BCUT2D eigenvalue weighted by molar-refractivity contribution is 5.81. The van der Waals surface area contributed by atoms with Crippen LogP contribution in [0.5, 0.6) is 5.75 Å². The van der Waals surface area contributed by atoms with Gasteiger partial charge in [-0.05, 0) is 17.7 Å². The van der Waals surface area contributed by atoms with Crippen LogP contribution in [0.1, 0.15) is 5.56 Å². The number of carbonyl (C=O) groups is 1. The van der Waals surface area contributed by atoms with Gasteiger partial charge in [0.15, 0.2) is 12.4 Å². The molecule has 9 atom stereocenters. The lowest BCUT2D eigenvalue weighted by molar-refractivity contribution is -0.326. The molecule has 0 aromatic heterocycles. The van der Waals surface area contributed by atoms with Crippen LogP contribution in [0.4, 0.5) is 0 Å². The summed E-state index contributed by atoms with van der Waals surface area (Å²) in [5.41, 5.74) is 0.572. The average Bonchev–Trinajstić information content (AvgIpc) is 2.80. The van der Waals surface area contributed by atoms with Crippen molar-refractivity contribution in [2.45, 2.75) is 61.7 Å². The molecule has 1 aliphatic heterocycles. The summed E-state index contributed by atoms with van der Waals surface area (Å²) in [6.07, 6.45) is -16.5. The Bertz CT molecular complexity index is 717. The van der Waals surface area contributed by atoms with Gasteiger partial charge >= 0.3 is 0 Å². The van der Waals surface area contributed by atoms with Crippen molar-refractivity contribution in [1.82, 2.24) is 5.32 Å². The standard InChI is InChI=1S/C19H29NO12/c21-6-10(24)17(32-19-16(29)13(26)12(25)11(7-22)31-19)14(27)15(28)18(30)20-5-8-1-3-9(23)4-2-8/h1-4,10-17,19,21-29H,5-7H2,(H,20,30)/t10-,11-,12-,13+,14-,15-,16-,17-,19-/m1/s1. The number of nitrogens with one attached hydrogen (secondary N) is 1. The Morgan fingerprint density at radius 1 is 1.03 bits per heavy atom. The molecule has 1 heterocycles. The van der Waals surface area contributed by atoms with Gasteiger partial charge < -0.3 is 60.7 Å². The van der Waals surface area contributed by atoms with E-state index in [0.29, 0.717) is 5.56 Å². The lowest BCUT2D eigenvalue weighted by atomic mass is 9.98. The molecule has 182 valence electrons. The molecule has 1 fully saturated rings. The first-order valence-electron chi connectivity index (χ1n) is 9.77. The van der Waals surface area contributed by atoms with E-state index in [2.05, 4.69) is 5.32 Å². The van der Waals surface area contributed by atoms with Crippen LogP contribution in [-0.2, 0) is 20.8 Å². The van der Waals surface area contributed by atoms with Crippen molar-refractivity contribution in [1.29, 1.82) is 0 Å². The van der Waals surface area contributed by atoms with Gasteiger partial charge in [0.2, 0.25) is 0 Å². The number of hydrogen-bond donors (Lipinski definition) is 10. The molecule has 1 amide bonds. The third-order valence-corrected chi connectivity index (χ3v) is 5.04. The number of hydrogen-bond acceptors (Lipinski definition) is 12. The van der Waals surface area contributed by atoms with Crippen molar-refractivity contribution in [2.75, 3.05) is 13.2 Å². The Kier molecular flexibility index (Phi) is 9.72. The summed E-state index contributed by atoms with van der Waals surface area (Å²) in [5, 5.41) is 90.4. The largest absolute Gasteiger partial charge is 0.508 e. The molecule has 13 heteroatoms. The summed E-state index contributed by atoms with van der Waals surface area (Å²) < 4.78 is 10.4. The summed E-state index contributed by atoms with van der Waals surface area (Å²) >= 11 is 0. The number of aliphatic hydroxyl groups is 8. The zero-order valence-electron chi connectivity index (χ0n) is 16.9. The van der Waals surface area contributed by atoms with Gasteiger partial charge in [-0.15, -0.1) is 0 Å². The van der Waals surface area contributed by atoms with Gasteiger partial charge in [-0.25, -0.2) is 0 Å². The predicted octanol–water partition coefficient (Wildman–Crippen LogP) is -4.73. The second-order valence-electron chi connectivity index (χ2n) is 7.37. The first kappa shape index (κ1) is 26.3. The lowest BCUT2D eigenvalue weighted by Gasteiger charge is -2.42. The van der Waals surface area contributed by atoms with Crippen molar-refractivity contribution < 1.29 is 60.2 Å². The Morgan fingerprint density at radius 2 is 1.66 bits per heavy atom. The van der Waals surface area contributed by atoms with E-state index in [-0.39, 0.29) is 12.3 Å². The molecule has 1 saturated heterocycles. The van der Waals surface area contributed by atoms with E-state index >= 15 is 0 Å². The van der Waals surface area contributed by atoms with Gasteiger partial charge in [0.1, 0.15) is 48.5 Å². The number of carbonyl (C=O) groups excluding carboxylic acids is 1. The van der Waals surface area contributed by atoms with E-state index < -0.39 is 74.2 Å². The molecule has 0 aliphatic carbocycles. The van der Waals surface area contributed by atoms with Crippen molar-refractivity contribution in [2.24, 2.45) is 0 Å². The Labute approximate surface area is 182 Å². The van der Waals surface area contributed by atoms with Crippen LogP contribution >= 0.6 is 0 Å². The van der Waals surface area contributed by atoms with Gasteiger partial charge in [-0.2, -0.15) is 0 Å². The number of aliphatic hydroxyl groups excluding tert-OH is 8. The zero-order valence-corrected chi connectivity index (χ0v) is 16.9. The molecular formula is C19H29NO12. The van der Waals surface area contributed by atoms with E-state index in [4.69, 9.17) is 9.47 Å². The van der Waals surface area contributed by atoms with Crippen molar-refractivity contribution >= 4 is 5.91 Å². The topological polar surface area (TPSA) is 230 Å². The SMILES string of the molecule is O=C(NCc1ccc(O)cc1)[C@H](O)[C@@H](O)[C@H](O[C@H]1O[C@H](CO)[C@@H](O)[C@H](O)[C@H]1O)[C@H](O)CO.